The highest BCUT2D eigenvalue weighted by Crippen LogP contribution is 2.33. The van der Waals surface area contributed by atoms with Gasteiger partial charge in [-0.15, -0.1) is 0 Å². The van der Waals surface area contributed by atoms with Crippen LogP contribution < -0.4 is 5.32 Å². The lowest BCUT2D eigenvalue weighted by molar-refractivity contribution is -0.131. The Morgan fingerprint density at radius 1 is 1.03 bits per heavy atom. The summed E-state index contributed by atoms with van der Waals surface area (Å²) < 4.78 is 7.32. The van der Waals surface area contributed by atoms with E-state index < -0.39 is 17.5 Å². The molecule has 0 spiro atoms. The van der Waals surface area contributed by atoms with Gasteiger partial charge in [0, 0.05) is 30.5 Å². The van der Waals surface area contributed by atoms with Gasteiger partial charge in [-0.05, 0) is 38.0 Å². The summed E-state index contributed by atoms with van der Waals surface area (Å²) in [6, 6.07) is 20.1. The highest BCUT2D eigenvalue weighted by atomic mass is 16.5. The zero-order valence-electron chi connectivity index (χ0n) is 20.6. The summed E-state index contributed by atoms with van der Waals surface area (Å²) >= 11 is 0. The Labute approximate surface area is 205 Å². The molecule has 182 valence electrons. The molecular weight excluding hydrogens is 442 g/mol. The van der Waals surface area contributed by atoms with Crippen LogP contribution in [0.2, 0.25) is 0 Å². The highest BCUT2D eigenvalue weighted by Gasteiger charge is 2.52. The third kappa shape index (κ3) is 4.51. The minimum Gasteiger partial charge on any atom is -0.383 e. The van der Waals surface area contributed by atoms with Gasteiger partial charge < -0.3 is 14.6 Å². The van der Waals surface area contributed by atoms with Crippen LogP contribution in [-0.4, -0.2) is 47.4 Å². The molecule has 0 bridgehead atoms. The number of carbonyl (C=O) groups is 3. The summed E-state index contributed by atoms with van der Waals surface area (Å²) in [5.74, 6) is -0.700. The molecule has 0 saturated carbocycles. The molecule has 2 heterocycles. The van der Waals surface area contributed by atoms with Crippen LogP contribution in [0.5, 0.6) is 0 Å². The Hall–Kier alpha value is -3.71. The lowest BCUT2D eigenvalue weighted by Crippen LogP contribution is -2.46. The number of amides is 3. The lowest BCUT2D eigenvalue weighted by atomic mass is 9.83. The van der Waals surface area contributed by atoms with Gasteiger partial charge in [-0.3, -0.25) is 14.5 Å². The summed E-state index contributed by atoms with van der Waals surface area (Å²) in [5.41, 5.74) is 2.55. The van der Waals surface area contributed by atoms with E-state index in [1.807, 2.05) is 92.1 Å². The number of carbonyl (C=O) groups excluding carboxylic acids is 3. The van der Waals surface area contributed by atoms with Crippen LogP contribution in [0.25, 0.3) is 0 Å². The number of nitrogens with zero attached hydrogens (tertiary/aromatic N) is 2. The molecule has 7 nitrogen and oxygen atoms in total. The number of aryl methyl sites for hydroxylation is 1. The summed E-state index contributed by atoms with van der Waals surface area (Å²) in [4.78, 5) is 41.3. The van der Waals surface area contributed by atoms with Gasteiger partial charge in [0.05, 0.1) is 19.2 Å². The molecule has 3 aromatic rings. The first-order chi connectivity index (χ1) is 16.8. The minimum absolute atomic E-state index is 0.0508. The molecule has 1 aliphatic heterocycles. The Balaban J connectivity index is 1.65. The van der Waals surface area contributed by atoms with Gasteiger partial charge in [0.25, 0.3) is 5.91 Å². The number of nitrogens with one attached hydrogen (secondary N) is 1. The molecular formula is C28H31N3O4. The first kappa shape index (κ1) is 24.4. The molecule has 1 aliphatic rings. The van der Waals surface area contributed by atoms with Crippen molar-refractivity contribution in [3.05, 3.63) is 94.8 Å². The van der Waals surface area contributed by atoms with Crippen molar-refractivity contribution in [2.75, 3.05) is 20.3 Å². The summed E-state index contributed by atoms with van der Waals surface area (Å²) in [5, 5.41) is 2.92. The molecule has 2 atom stereocenters. The SMILES string of the molecule is COC[C@H](C)n1c(C)cc(C(=O)CN2C(=O)N[C@@](Cc3ccccc3)(c3ccccc3)C2=O)c1C. The number of aromatic nitrogens is 1. The highest BCUT2D eigenvalue weighted by molar-refractivity contribution is 6.11. The molecule has 4 rings (SSSR count). The zero-order valence-corrected chi connectivity index (χ0v) is 20.6. The van der Waals surface area contributed by atoms with Gasteiger partial charge in [-0.2, -0.15) is 0 Å². The topological polar surface area (TPSA) is 80.6 Å². The molecule has 0 aliphatic carbocycles. The fourth-order valence-corrected chi connectivity index (χ4v) is 5.09. The molecule has 7 heteroatoms. The number of ether oxygens (including phenoxy) is 1. The van der Waals surface area contributed by atoms with Crippen LogP contribution in [0.15, 0.2) is 66.7 Å². The second-order valence-electron chi connectivity index (χ2n) is 9.14. The fraction of sp³-hybridized carbons (Fsp3) is 0.321. The first-order valence-corrected chi connectivity index (χ1v) is 11.7. The van der Waals surface area contributed by atoms with Crippen LogP contribution >= 0.6 is 0 Å². The maximum absolute atomic E-state index is 13.8. The maximum Gasteiger partial charge on any atom is 0.325 e. The molecule has 0 unspecified atom stereocenters. The molecule has 3 amide bonds. The van der Waals surface area contributed by atoms with E-state index in [0.29, 0.717) is 17.7 Å². The van der Waals surface area contributed by atoms with Crippen molar-refractivity contribution in [1.82, 2.24) is 14.8 Å². The lowest BCUT2D eigenvalue weighted by Gasteiger charge is -2.27. The number of Topliss-reactive ketones (excluding diaryl/α,β-unsaturated/α-hetero) is 1. The first-order valence-electron chi connectivity index (χ1n) is 11.7. The van der Waals surface area contributed by atoms with E-state index in [0.717, 1.165) is 21.9 Å². The monoisotopic (exact) mass is 473 g/mol. The third-order valence-electron chi connectivity index (χ3n) is 6.69. The van der Waals surface area contributed by atoms with Gasteiger partial charge in [0.1, 0.15) is 0 Å². The van der Waals surface area contributed by atoms with E-state index in [4.69, 9.17) is 4.74 Å². The number of hydrogen-bond donors (Lipinski definition) is 1. The Kier molecular flexibility index (Phi) is 6.89. The van der Waals surface area contributed by atoms with E-state index in [2.05, 4.69) is 5.32 Å². The normalized spacial score (nSPS) is 18.6. The molecule has 1 saturated heterocycles. The summed E-state index contributed by atoms with van der Waals surface area (Å²) in [7, 11) is 1.64. The Morgan fingerprint density at radius 3 is 2.29 bits per heavy atom. The number of benzene rings is 2. The van der Waals surface area contributed by atoms with Crippen LogP contribution in [0.4, 0.5) is 4.79 Å². The van der Waals surface area contributed by atoms with Crippen molar-refractivity contribution in [3.8, 4) is 0 Å². The molecule has 35 heavy (non-hydrogen) atoms. The number of imide groups is 1. The summed E-state index contributed by atoms with van der Waals surface area (Å²) in [6.45, 7) is 6.02. The van der Waals surface area contributed by atoms with Gasteiger partial charge in [-0.1, -0.05) is 60.7 Å². The van der Waals surface area contributed by atoms with E-state index >= 15 is 0 Å². The number of hydrogen-bond acceptors (Lipinski definition) is 4. The van der Waals surface area contributed by atoms with Crippen molar-refractivity contribution in [2.45, 2.75) is 38.8 Å². The van der Waals surface area contributed by atoms with E-state index in [-0.39, 0.29) is 24.8 Å². The van der Waals surface area contributed by atoms with Gasteiger partial charge in [0.15, 0.2) is 11.3 Å². The number of rotatable bonds is 9. The van der Waals surface area contributed by atoms with Gasteiger partial charge in [-0.25, -0.2) is 4.79 Å². The third-order valence-corrected chi connectivity index (χ3v) is 6.69. The van der Waals surface area contributed by atoms with Crippen LogP contribution in [-0.2, 0) is 21.5 Å². The predicted molar refractivity (Wildman–Crippen MR) is 133 cm³/mol. The van der Waals surface area contributed by atoms with E-state index in [1.165, 1.54) is 0 Å². The molecule has 2 aromatic carbocycles. The fourth-order valence-electron chi connectivity index (χ4n) is 5.09. The van der Waals surface area contributed by atoms with Crippen molar-refractivity contribution in [2.24, 2.45) is 0 Å². The Morgan fingerprint density at radius 2 is 1.66 bits per heavy atom. The molecule has 1 fully saturated rings. The zero-order chi connectivity index (χ0) is 25.2. The van der Waals surface area contributed by atoms with Crippen LogP contribution in [0.3, 0.4) is 0 Å². The van der Waals surface area contributed by atoms with Gasteiger partial charge >= 0.3 is 6.03 Å². The molecule has 1 aromatic heterocycles. The van der Waals surface area contributed by atoms with Crippen molar-refractivity contribution in [3.63, 3.8) is 0 Å². The second kappa shape index (κ2) is 9.88. The predicted octanol–water partition coefficient (Wildman–Crippen LogP) is 4.19. The second-order valence-corrected chi connectivity index (χ2v) is 9.14. The van der Waals surface area contributed by atoms with E-state index in [9.17, 15) is 14.4 Å². The van der Waals surface area contributed by atoms with Crippen LogP contribution in [0, 0.1) is 13.8 Å². The minimum atomic E-state index is -1.27. The molecule has 0 radical (unpaired) electrons. The Bertz CT molecular complexity index is 1240. The van der Waals surface area contributed by atoms with Gasteiger partial charge in [0.2, 0.25) is 0 Å². The summed E-state index contributed by atoms with van der Waals surface area (Å²) in [6.07, 6.45) is 0.288. The van der Waals surface area contributed by atoms with Crippen molar-refractivity contribution >= 4 is 17.7 Å². The van der Waals surface area contributed by atoms with Crippen molar-refractivity contribution in [1.29, 1.82) is 0 Å². The smallest absolute Gasteiger partial charge is 0.325 e. The number of urea groups is 1. The average molecular weight is 474 g/mol. The largest absolute Gasteiger partial charge is 0.383 e. The number of ketones is 1. The van der Waals surface area contributed by atoms with Crippen LogP contribution in [0.1, 0.15) is 45.8 Å². The standard InChI is InChI=1S/C28H31N3O4/c1-19-15-24(21(3)31(19)20(2)18-35-4)25(32)17-30-26(33)28(29-27(30)34,23-13-9-6-10-14-23)16-22-11-7-5-8-12-22/h5-15,20H,16-18H2,1-4H3,(H,29,34)/t20-,28-/m0/s1. The van der Waals surface area contributed by atoms with E-state index in [1.54, 1.807) is 7.11 Å². The molecule has 1 N–H and O–H groups in total. The average Bonchev–Trinajstić information content (AvgIpc) is 3.28. The number of methoxy groups -OCH3 is 1. The maximum atomic E-state index is 13.8. The van der Waals surface area contributed by atoms with Crippen molar-refractivity contribution < 1.29 is 19.1 Å². The quantitative estimate of drug-likeness (QED) is 0.373.